The smallest absolute Gasteiger partial charge is 0.426 e. The van der Waals surface area contributed by atoms with Crippen molar-refractivity contribution in [2.75, 3.05) is 18.0 Å². The first-order chi connectivity index (χ1) is 18.7. The molecule has 2 saturated heterocycles. The van der Waals surface area contributed by atoms with E-state index in [9.17, 15) is 85.2 Å². The number of ether oxygens (including phenoxy) is 1. The molecule has 1 aromatic rings. The van der Waals surface area contributed by atoms with Gasteiger partial charge in [-0.1, -0.05) is 6.07 Å². The Morgan fingerprint density at radius 2 is 1.24 bits per heavy atom. The minimum atomic E-state index is -6.46. The third-order valence-electron chi connectivity index (χ3n) is 6.46. The maximum atomic E-state index is 13.3. The lowest BCUT2D eigenvalue weighted by atomic mass is 10.0. The number of carbonyl (C=O) groups excluding carboxylic acids is 1. The molecule has 13 nitrogen and oxygen atoms in total. The molecule has 0 aliphatic carbocycles. The monoisotopic (exact) mass is 635 g/mol. The van der Waals surface area contributed by atoms with E-state index in [0.717, 1.165) is 0 Å². The molecule has 2 heterocycles. The van der Waals surface area contributed by atoms with Crippen molar-refractivity contribution in [1.82, 2.24) is 9.80 Å². The van der Waals surface area contributed by atoms with Gasteiger partial charge in [-0.25, -0.2) is 4.79 Å². The van der Waals surface area contributed by atoms with E-state index in [0.29, 0.717) is 31.0 Å². The van der Waals surface area contributed by atoms with Crippen LogP contribution in [0.5, 0.6) is 0 Å². The lowest BCUT2D eigenvalue weighted by Crippen LogP contribution is -2.90. The van der Waals surface area contributed by atoms with Gasteiger partial charge in [-0.3, -0.25) is 0 Å². The number of hydrogen-bond acceptors (Lipinski definition) is 12. The number of alkyl halides is 9. The van der Waals surface area contributed by atoms with Crippen molar-refractivity contribution >= 4 is 11.8 Å². The summed E-state index contributed by atoms with van der Waals surface area (Å²) in [6.07, 6.45) is -25.4. The summed E-state index contributed by atoms with van der Waals surface area (Å²) in [5, 5.41) is 82.9. The predicted octanol–water partition coefficient (Wildman–Crippen LogP) is -0.393. The summed E-state index contributed by atoms with van der Waals surface area (Å²) in [6.45, 7) is -1.31. The molecule has 1 aromatic carbocycles. The highest BCUT2D eigenvalue weighted by molar-refractivity contribution is 5.70. The van der Waals surface area contributed by atoms with Crippen molar-refractivity contribution in [2.45, 2.75) is 67.7 Å². The van der Waals surface area contributed by atoms with Gasteiger partial charge in [0.25, 0.3) is 6.10 Å². The molecule has 3 rings (SSSR count). The van der Waals surface area contributed by atoms with Crippen LogP contribution in [0, 0.1) is 0 Å². The van der Waals surface area contributed by atoms with Gasteiger partial charge in [0.05, 0.1) is 5.56 Å². The van der Waals surface area contributed by atoms with Gasteiger partial charge in [0, 0.05) is 25.3 Å². The van der Waals surface area contributed by atoms with E-state index >= 15 is 0 Å². The number of anilines is 1. The lowest BCUT2D eigenvalue weighted by molar-refractivity contribution is -0.602. The molecule has 0 spiro atoms. The van der Waals surface area contributed by atoms with Crippen LogP contribution in [0.4, 0.5) is 50.0 Å². The number of nitrogens with zero attached hydrogens (tertiary/aromatic N) is 3. The van der Waals surface area contributed by atoms with Gasteiger partial charge in [-0.2, -0.15) is 49.3 Å². The summed E-state index contributed by atoms with van der Waals surface area (Å²) < 4.78 is 120. The van der Waals surface area contributed by atoms with E-state index < -0.39 is 81.8 Å². The van der Waals surface area contributed by atoms with Gasteiger partial charge < -0.3 is 50.5 Å². The Balaban J connectivity index is 2.10. The molecule has 8 N–H and O–H groups in total. The van der Waals surface area contributed by atoms with E-state index in [2.05, 4.69) is 4.74 Å². The summed E-state index contributed by atoms with van der Waals surface area (Å²) in [4.78, 5) is 10.8. The van der Waals surface area contributed by atoms with Crippen LogP contribution in [0.1, 0.15) is 24.0 Å². The number of aliphatic hydroxyl groups is 8. The molecule has 1 amide bonds. The second-order valence-electron chi connectivity index (χ2n) is 9.35. The topological polar surface area (TPSA) is 198 Å². The summed E-state index contributed by atoms with van der Waals surface area (Å²) in [6, 6.07) is 1.58. The van der Waals surface area contributed by atoms with Crippen molar-refractivity contribution in [3.8, 4) is 0 Å². The first kappa shape index (κ1) is 33.8. The highest BCUT2D eigenvalue weighted by Gasteiger charge is 2.79. The van der Waals surface area contributed by atoms with Gasteiger partial charge in [0.15, 0.2) is 0 Å². The Kier molecular flexibility index (Phi) is 8.20. The number of amides is 1. The van der Waals surface area contributed by atoms with Crippen molar-refractivity contribution < 1.29 is 89.9 Å². The van der Waals surface area contributed by atoms with E-state index in [1.54, 1.807) is 0 Å². The van der Waals surface area contributed by atoms with Gasteiger partial charge >= 0.3 is 48.3 Å². The zero-order chi connectivity index (χ0) is 32.5. The van der Waals surface area contributed by atoms with Crippen molar-refractivity contribution in [1.29, 1.82) is 0 Å². The average Bonchev–Trinajstić information content (AvgIpc) is 3.32. The molecule has 2 aliphatic rings. The summed E-state index contributed by atoms with van der Waals surface area (Å²) in [7, 11) is 0. The zero-order valence-electron chi connectivity index (χ0n) is 20.5. The fourth-order valence-corrected chi connectivity index (χ4v) is 4.34. The van der Waals surface area contributed by atoms with Crippen LogP contribution < -0.4 is 4.90 Å². The molecule has 0 bridgehead atoms. The number of benzene rings is 1. The third kappa shape index (κ3) is 5.65. The Morgan fingerprint density at radius 3 is 1.64 bits per heavy atom. The maximum absolute atomic E-state index is 13.3. The molecule has 0 unspecified atom stereocenters. The molecule has 240 valence electrons. The second-order valence-corrected chi connectivity index (χ2v) is 9.35. The Bertz CT molecular complexity index is 1140. The standard InChI is InChI=1S/C20H22F9N3O10/c21-14(22,23)10-4-3-9(11(7-10)30-5-1-2-6-30)8-31-17(34,35)19(38,39)32(20(40,41)18(31,36)37)13(33)42-12(15(24,25)26)16(27,28)29/h3-4,7,12,34-41H,1-2,5-6,8H2. The van der Waals surface area contributed by atoms with Crippen LogP contribution in [-0.2, 0) is 17.5 Å². The first-order valence-electron chi connectivity index (χ1n) is 11.3. The third-order valence-corrected chi connectivity index (χ3v) is 6.46. The van der Waals surface area contributed by atoms with Crippen LogP contribution in [0.25, 0.3) is 0 Å². The Hall–Kier alpha value is -2.70. The predicted molar refractivity (Wildman–Crippen MR) is 111 cm³/mol. The first-order valence-corrected chi connectivity index (χ1v) is 11.3. The highest BCUT2D eigenvalue weighted by atomic mass is 19.4. The normalized spacial score (nSPS) is 22.5. The molecule has 0 radical (unpaired) electrons. The van der Waals surface area contributed by atoms with Gasteiger partial charge in [-0.05, 0) is 30.5 Å². The molecular formula is C20H22F9N3O10. The number of halogens is 9. The molecule has 22 heteroatoms. The number of hydrogen-bond donors (Lipinski definition) is 8. The number of rotatable bonds is 4. The van der Waals surface area contributed by atoms with Crippen LogP contribution >= 0.6 is 0 Å². The van der Waals surface area contributed by atoms with Crippen LogP contribution in [0.15, 0.2) is 18.2 Å². The number of carbonyl (C=O) groups is 1. The summed E-state index contributed by atoms with van der Waals surface area (Å²) >= 11 is 0. The maximum Gasteiger partial charge on any atom is 0.434 e. The molecule has 2 aliphatic heterocycles. The Morgan fingerprint density at radius 1 is 0.786 bits per heavy atom. The lowest BCUT2D eigenvalue weighted by Gasteiger charge is -2.60. The Labute approximate surface area is 227 Å². The van der Waals surface area contributed by atoms with Crippen molar-refractivity contribution in [3.63, 3.8) is 0 Å². The molecule has 0 saturated carbocycles. The summed E-state index contributed by atoms with van der Waals surface area (Å²) in [5.41, 5.74) is -2.13. The van der Waals surface area contributed by atoms with Crippen molar-refractivity contribution in [2.24, 2.45) is 0 Å². The van der Waals surface area contributed by atoms with Gasteiger partial charge in [-0.15, -0.1) is 0 Å². The van der Waals surface area contributed by atoms with E-state index in [-0.39, 0.29) is 18.8 Å². The minimum absolute atomic E-state index is 0.119. The van der Waals surface area contributed by atoms with E-state index in [4.69, 9.17) is 0 Å². The highest BCUT2D eigenvalue weighted by Crippen LogP contribution is 2.47. The summed E-state index contributed by atoms with van der Waals surface area (Å²) in [5.74, 6) is -20.0. The minimum Gasteiger partial charge on any atom is -0.426 e. The largest absolute Gasteiger partial charge is 0.434 e. The van der Waals surface area contributed by atoms with Crippen LogP contribution in [-0.4, -0.2) is 112 Å². The van der Waals surface area contributed by atoms with Crippen LogP contribution in [0.2, 0.25) is 0 Å². The quantitative estimate of drug-likeness (QED) is 0.158. The van der Waals surface area contributed by atoms with Gasteiger partial charge in [0.2, 0.25) is 0 Å². The fourth-order valence-electron chi connectivity index (χ4n) is 4.34. The molecular weight excluding hydrogens is 613 g/mol. The molecule has 2 fully saturated rings. The zero-order valence-corrected chi connectivity index (χ0v) is 20.5. The number of piperazine rings is 1. The van der Waals surface area contributed by atoms with Crippen molar-refractivity contribution in [3.05, 3.63) is 29.3 Å². The van der Waals surface area contributed by atoms with E-state index in [1.165, 1.54) is 4.90 Å². The average molecular weight is 635 g/mol. The molecule has 0 aromatic heterocycles. The van der Waals surface area contributed by atoms with Gasteiger partial charge in [0.1, 0.15) is 0 Å². The molecule has 42 heavy (non-hydrogen) atoms. The second kappa shape index (κ2) is 10.2. The molecule has 0 atom stereocenters. The van der Waals surface area contributed by atoms with Crippen LogP contribution in [0.3, 0.4) is 0 Å². The SMILES string of the molecule is O=C(OC(C(F)(F)F)C(F)(F)F)N1C(O)(O)C(O)(O)N(Cc2ccc(C(F)(F)F)cc2N2CCCC2)C(O)(O)C1(O)O. The fraction of sp³-hybridized carbons (Fsp3) is 0.650. The van der Waals surface area contributed by atoms with E-state index in [1.807, 2.05) is 0 Å².